The van der Waals surface area contributed by atoms with Gasteiger partial charge in [0.2, 0.25) is 5.91 Å². The molecule has 4 N–H and O–H groups in total. The summed E-state index contributed by atoms with van der Waals surface area (Å²) in [5.74, 6) is 0.530. The van der Waals surface area contributed by atoms with Crippen molar-refractivity contribution < 1.29 is 28.6 Å². The lowest BCUT2D eigenvalue weighted by Crippen LogP contribution is -2.49. The molecule has 0 bridgehead atoms. The van der Waals surface area contributed by atoms with E-state index in [4.69, 9.17) is 15.5 Å². The van der Waals surface area contributed by atoms with Gasteiger partial charge in [-0.2, -0.15) is 0 Å². The monoisotopic (exact) mass is 872 g/mol. The zero-order chi connectivity index (χ0) is 44.8. The van der Waals surface area contributed by atoms with Gasteiger partial charge in [0.25, 0.3) is 5.91 Å². The first-order valence-electron chi connectivity index (χ1n) is 22.5. The minimum Gasteiger partial charge on any atom is -0.507 e. The van der Waals surface area contributed by atoms with Crippen molar-refractivity contribution in [3.05, 3.63) is 88.7 Å². The maximum Gasteiger partial charge on any atom is 0.328 e. The second kappa shape index (κ2) is 17.8. The van der Waals surface area contributed by atoms with Gasteiger partial charge in [0.15, 0.2) is 5.82 Å². The summed E-state index contributed by atoms with van der Waals surface area (Å²) >= 11 is 0. The SMILES string of the molecule is CCc1cn([C@H]2CCN(CC3CCN(C(=O)c4cc(C)c([C@@H]5CN(c6cc(-c7ccccc7O)nnc6N)C[C@H](C)O5)cc4C)CC3)C[C@H]2F)c2ncc(N3CCC(=O)NC3=O)cc12. The molecule has 9 rings (SSSR count). The number of urea groups is 1. The van der Waals surface area contributed by atoms with Gasteiger partial charge < -0.3 is 34.8 Å². The summed E-state index contributed by atoms with van der Waals surface area (Å²) in [6.45, 7) is 12.7. The molecule has 4 fully saturated rings. The van der Waals surface area contributed by atoms with Gasteiger partial charge >= 0.3 is 6.03 Å². The first-order valence-corrected chi connectivity index (χ1v) is 22.5. The average Bonchev–Trinajstić information content (AvgIpc) is 3.65. The fraction of sp³-hybridized carbons (Fsp3) is 0.458. The number of alkyl halides is 1. The van der Waals surface area contributed by atoms with Crippen molar-refractivity contribution in [2.24, 2.45) is 5.92 Å². The number of aromatic nitrogens is 4. The number of pyridine rings is 1. The standard InChI is InChI=1S/C48H57FN10O5/c1-5-32-25-59(46-37(32)20-33(22-51-46)58-17-13-44(61)52-48(58)63)40-12-14-55(26-38(40)49)24-31-10-15-56(16-11-31)47(62)36-19-28(2)35(18-29(36)3)43-27-57(23-30(4)64-43)41-21-39(53-54-45(41)50)34-8-6-7-9-42(34)60/h6-9,18-22,25,30-31,38,40,43,60H,5,10-17,23-24,26-27H2,1-4H3,(H2,50,54)(H,52,61,63)/t30-,38+,40-,43-/m0/s1. The van der Waals surface area contributed by atoms with E-state index in [1.54, 1.807) is 24.4 Å². The molecule has 4 atom stereocenters. The van der Waals surface area contributed by atoms with Crippen LogP contribution in [0.4, 0.5) is 26.4 Å². The number of halogens is 1. The molecular formula is C48H57FN10O5. The Morgan fingerprint density at radius 3 is 2.53 bits per heavy atom. The van der Waals surface area contributed by atoms with Gasteiger partial charge in [-0.1, -0.05) is 25.1 Å². The summed E-state index contributed by atoms with van der Waals surface area (Å²) in [5.41, 5.74) is 14.2. The Morgan fingerprint density at radius 2 is 1.78 bits per heavy atom. The van der Waals surface area contributed by atoms with E-state index in [9.17, 15) is 19.5 Å². The minimum atomic E-state index is -1.08. The maximum absolute atomic E-state index is 16.2. The van der Waals surface area contributed by atoms with E-state index < -0.39 is 12.2 Å². The molecule has 0 radical (unpaired) electrons. The average molecular weight is 873 g/mol. The number of carbonyl (C=O) groups excluding carboxylic acids is 3. The number of hydrogen-bond donors (Lipinski definition) is 3. The van der Waals surface area contributed by atoms with E-state index in [0.29, 0.717) is 85.6 Å². The van der Waals surface area contributed by atoms with Crippen LogP contribution in [0.5, 0.6) is 5.75 Å². The summed E-state index contributed by atoms with van der Waals surface area (Å²) < 4.78 is 24.7. The van der Waals surface area contributed by atoms with Crippen LogP contribution in [0.25, 0.3) is 22.3 Å². The van der Waals surface area contributed by atoms with Crippen LogP contribution in [0.2, 0.25) is 0 Å². The Bertz CT molecular complexity index is 2590. The topological polar surface area (TPSA) is 175 Å². The van der Waals surface area contributed by atoms with Crippen LogP contribution in [0.15, 0.2) is 60.9 Å². The summed E-state index contributed by atoms with van der Waals surface area (Å²) in [6, 6.07) is 14.1. The third-order valence-corrected chi connectivity index (χ3v) is 13.6. The van der Waals surface area contributed by atoms with Gasteiger partial charge in [0, 0.05) is 81.5 Å². The molecule has 15 nitrogen and oxygen atoms in total. The molecule has 64 heavy (non-hydrogen) atoms. The molecule has 0 unspecified atom stereocenters. The van der Waals surface area contributed by atoms with Crippen molar-refractivity contribution in [2.45, 2.75) is 84.2 Å². The fourth-order valence-electron chi connectivity index (χ4n) is 10.2. The number of likely N-dealkylation sites (tertiary alicyclic amines) is 2. The molecule has 5 aromatic rings. The predicted octanol–water partition coefficient (Wildman–Crippen LogP) is 6.51. The van der Waals surface area contributed by atoms with Crippen molar-refractivity contribution in [3.63, 3.8) is 0 Å². The fourth-order valence-corrected chi connectivity index (χ4v) is 10.2. The van der Waals surface area contributed by atoms with Gasteiger partial charge in [-0.25, -0.2) is 14.2 Å². The highest BCUT2D eigenvalue weighted by molar-refractivity contribution is 6.06. The molecule has 336 valence electrons. The second-order valence-electron chi connectivity index (χ2n) is 18.0. The number of fused-ring (bicyclic) bond motifs is 1. The van der Waals surface area contributed by atoms with Gasteiger partial charge in [-0.05, 0) is 105 Å². The van der Waals surface area contributed by atoms with E-state index in [1.165, 1.54) is 4.90 Å². The van der Waals surface area contributed by atoms with Crippen LogP contribution >= 0.6 is 0 Å². The quantitative estimate of drug-likeness (QED) is 0.147. The number of ether oxygens (including phenoxy) is 1. The molecule has 0 saturated carbocycles. The number of nitrogens with two attached hydrogens (primary N) is 1. The van der Waals surface area contributed by atoms with Gasteiger partial charge in [0.1, 0.15) is 23.7 Å². The number of phenols is 1. The van der Waals surface area contributed by atoms with Crippen molar-refractivity contribution in [1.29, 1.82) is 0 Å². The molecule has 4 aliphatic heterocycles. The predicted molar refractivity (Wildman–Crippen MR) is 243 cm³/mol. The first-order chi connectivity index (χ1) is 30.8. The third-order valence-electron chi connectivity index (χ3n) is 13.6. The molecule has 7 heterocycles. The molecule has 4 aliphatic rings. The van der Waals surface area contributed by atoms with Crippen LogP contribution in [0.3, 0.4) is 0 Å². The summed E-state index contributed by atoms with van der Waals surface area (Å²) in [5, 5.41) is 22.2. The van der Waals surface area contributed by atoms with Crippen LogP contribution in [-0.4, -0.2) is 117 Å². The number of aryl methyl sites for hydroxylation is 3. The van der Waals surface area contributed by atoms with Gasteiger partial charge in [-0.15, -0.1) is 10.2 Å². The molecule has 3 aromatic heterocycles. The number of nitrogens with zero attached hydrogens (tertiary/aromatic N) is 8. The number of para-hydroxylation sites is 1. The molecule has 2 aromatic carbocycles. The van der Waals surface area contributed by atoms with Crippen molar-refractivity contribution >= 4 is 46.1 Å². The maximum atomic E-state index is 16.2. The zero-order valence-corrected chi connectivity index (χ0v) is 37.0. The lowest BCUT2D eigenvalue weighted by atomic mass is 9.92. The van der Waals surface area contributed by atoms with Crippen molar-refractivity contribution in [3.8, 4) is 17.0 Å². The number of phenolic OH excluding ortho intramolecular Hbond substituents is 1. The number of nitrogens with one attached hydrogen (secondary N) is 1. The van der Waals surface area contributed by atoms with Crippen LogP contribution < -0.4 is 20.9 Å². The number of morpholine rings is 1. The van der Waals surface area contributed by atoms with E-state index >= 15 is 4.39 Å². The number of nitrogen functional groups attached to an aromatic ring is 1. The highest BCUT2D eigenvalue weighted by atomic mass is 19.1. The summed E-state index contributed by atoms with van der Waals surface area (Å²) in [4.78, 5) is 50.9. The molecular weight excluding hydrogens is 816 g/mol. The minimum absolute atomic E-state index is 0.0301. The number of aromatic hydroxyl groups is 1. The van der Waals surface area contributed by atoms with Crippen molar-refractivity contribution in [1.82, 2.24) is 34.9 Å². The lowest BCUT2D eigenvalue weighted by molar-refractivity contribution is -0.120. The van der Waals surface area contributed by atoms with Crippen LogP contribution in [0, 0.1) is 19.8 Å². The van der Waals surface area contributed by atoms with Crippen LogP contribution in [-0.2, 0) is 16.0 Å². The second-order valence-corrected chi connectivity index (χ2v) is 18.0. The third kappa shape index (κ3) is 8.48. The lowest BCUT2D eigenvalue weighted by Gasteiger charge is -2.40. The Labute approximate surface area is 372 Å². The number of hydrogen-bond acceptors (Lipinski definition) is 11. The Hall–Kier alpha value is -6.13. The number of piperidine rings is 2. The van der Waals surface area contributed by atoms with E-state index in [2.05, 4.69) is 38.3 Å². The number of imide groups is 1. The number of anilines is 3. The van der Waals surface area contributed by atoms with E-state index in [0.717, 1.165) is 65.7 Å². The Balaban J connectivity index is 0.805. The summed E-state index contributed by atoms with van der Waals surface area (Å²) in [7, 11) is 0. The van der Waals surface area contributed by atoms with E-state index in [-0.39, 0.29) is 42.2 Å². The highest BCUT2D eigenvalue weighted by Crippen LogP contribution is 2.38. The molecule has 0 aliphatic carbocycles. The Morgan fingerprint density at radius 1 is 0.984 bits per heavy atom. The highest BCUT2D eigenvalue weighted by Gasteiger charge is 2.35. The number of rotatable bonds is 9. The van der Waals surface area contributed by atoms with Crippen LogP contribution in [0.1, 0.15) is 84.3 Å². The Kier molecular flexibility index (Phi) is 12.0. The van der Waals surface area contributed by atoms with Crippen molar-refractivity contribution in [2.75, 3.05) is 67.9 Å². The largest absolute Gasteiger partial charge is 0.507 e. The summed E-state index contributed by atoms with van der Waals surface area (Å²) in [6.07, 6.45) is 5.53. The zero-order valence-electron chi connectivity index (χ0n) is 37.0. The molecule has 16 heteroatoms. The smallest absolute Gasteiger partial charge is 0.328 e. The van der Waals surface area contributed by atoms with E-state index in [1.807, 2.05) is 60.7 Å². The first kappa shape index (κ1) is 43.1. The number of benzene rings is 2. The number of amides is 4. The van der Waals surface area contributed by atoms with Gasteiger partial charge in [0.05, 0.1) is 35.4 Å². The molecule has 4 saturated heterocycles. The normalized spacial score (nSPS) is 22.6. The molecule has 4 amide bonds. The molecule has 0 spiro atoms. The van der Waals surface area contributed by atoms with Gasteiger partial charge in [-0.3, -0.25) is 19.8 Å². The number of carbonyl (C=O) groups is 3.